The van der Waals surface area contributed by atoms with Crippen molar-refractivity contribution >= 4 is 33.0 Å². The minimum atomic E-state index is -3.54. The van der Waals surface area contributed by atoms with Crippen molar-refractivity contribution in [1.29, 1.82) is 0 Å². The Morgan fingerprint density at radius 2 is 1.89 bits per heavy atom. The Hall–Kier alpha value is -1.74. The van der Waals surface area contributed by atoms with Crippen molar-refractivity contribution in [3.05, 3.63) is 46.7 Å². The highest BCUT2D eigenvalue weighted by molar-refractivity contribution is 7.89. The number of amides is 1. The molecule has 1 saturated heterocycles. The third-order valence-corrected chi connectivity index (χ3v) is 7.51. The van der Waals surface area contributed by atoms with E-state index in [0.29, 0.717) is 5.69 Å². The molecule has 1 fully saturated rings. The molecular weight excluding hydrogens is 394 g/mol. The number of nitrogens with one attached hydrogen (secondary N) is 2. The van der Waals surface area contributed by atoms with Gasteiger partial charge in [0.05, 0.1) is 10.9 Å². The van der Waals surface area contributed by atoms with Crippen LogP contribution in [-0.4, -0.2) is 37.9 Å². The van der Waals surface area contributed by atoms with E-state index in [1.165, 1.54) is 17.0 Å². The van der Waals surface area contributed by atoms with Crippen LogP contribution >= 0.6 is 11.3 Å². The van der Waals surface area contributed by atoms with Crippen molar-refractivity contribution in [1.82, 2.24) is 9.62 Å². The highest BCUT2D eigenvalue weighted by Gasteiger charge is 2.33. The third kappa shape index (κ3) is 4.81. The molecular formula is C20H27N3O3S2. The average Bonchev–Trinajstić information content (AvgIpc) is 3.31. The van der Waals surface area contributed by atoms with Crippen LogP contribution in [-0.2, 0) is 14.8 Å². The zero-order valence-corrected chi connectivity index (χ0v) is 18.0. The van der Waals surface area contributed by atoms with E-state index < -0.39 is 10.0 Å². The molecule has 1 aromatic carbocycles. The highest BCUT2D eigenvalue weighted by Crippen LogP contribution is 2.36. The highest BCUT2D eigenvalue weighted by atomic mass is 32.2. The molecule has 0 saturated carbocycles. The molecule has 2 N–H and O–H groups in total. The number of hydrogen-bond acceptors (Lipinski definition) is 5. The molecule has 28 heavy (non-hydrogen) atoms. The Bertz CT molecular complexity index is 893. The lowest BCUT2D eigenvalue weighted by Crippen LogP contribution is -2.41. The number of rotatable bonds is 7. The summed E-state index contributed by atoms with van der Waals surface area (Å²) in [5, 5.41) is 4.98. The van der Waals surface area contributed by atoms with Crippen LogP contribution in [0.1, 0.15) is 44.5 Å². The van der Waals surface area contributed by atoms with Crippen molar-refractivity contribution in [2.24, 2.45) is 0 Å². The second-order valence-electron chi connectivity index (χ2n) is 7.38. The standard InChI is InChI=1S/C20H27N3O3S2/c1-14(2)22-28(25,26)17-10-8-16(9-11-17)21-20(24)15(3)23-12-4-6-18(23)19-7-5-13-27-19/h5,7-11,13-15,18,22H,4,6,12H2,1-3H3,(H,21,24)/t15-,18-/m1/s1. The predicted molar refractivity (Wildman–Crippen MR) is 113 cm³/mol. The maximum absolute atomic E-state index is 12.8. The van der Waals surface area contributed by atoms with Gasteiger partial charge in [-0.1, -0.05) is 6.07 Å². The fraction of sp³-hybridized carbons (Fsp3) is 0.450. The van der Waals surface area contributed by atoms with Crippen LogP contribution in [0.3, 0.4) is 0 Å². The minimum absolute atomic E-state index is 0.0839. The minimum Gasteiger partial charge on any atom is -0.325 e. The van der Waals surface area contributed by atoms with Crippen LogP contribution in [0, 0.1) is 0 Å². The van der Waals surface area contributed by atoms with Crippen LogP contribution < -0.4 is 10.0 Å². The van der Waals surface area contributed by atoms with Crippen molar-refractivity contribution in [3.8, 4) is 0 Å². The van der Waals surface area contributed by atoms with Gasteiger partial charge in [-0.05, 0) is 75.9 Å². The summed E-state index contributed by atoms with van der Waals surface area (Å²) in [6, 6.07) is 10.3. The third-order valence-electron chi connectivity index (χ3n) is 4.87. The topological polar surface area (TPSA) is 78.5 Å². The van der Waals surface area contributed by atoms with Gasteiger partial charge in [-0.15, -0.1) is 11.3 Å². The fourth-order valence-electron chi connectivity index (χ4n) is 3.53. The lowest BCUT2D eigenvalue weighted by molar-refractivity contribution is -0.121. The summed E-state index contributed by atoms with van der Waals surface area (Å²) in [7, 11) is -3.54. The van der Waals surface area contributed by atoms with Crippen molar-refractivity contribution in [2.45, 2.75) is 56.6 Å². The molecule has 1 amide bonds. The largest absolute Gasteiger partial charge is 0.325 e. The van der Waals surface area contributed by atoms with Gasteiger partial charge in [-0.2, -0.15) is 0 Å². The number of benzene rings is 1. The Labute approximate surface area is 171 Å². The summed E-state index contributed by atoms with van der Waals surface area (Å²) in [6.45, 7) is 6.37. The number of carbonyl (C=O) groups is 1. The lowest BCUT2D eigenvalue weighted by Gasteiger charge is -2.29. The molecule has 6 nitrogen and oxygen atoms in total. The Morgan fingerprint density at radius 3 is 2.50 bits per heavy atom. The maximum Gasteiger partial charge on any atom is 0.241 e. The second-order valence-corrected chi connectivity index (χ2v) is 10.1. The molecule has 2 atom stereocenters. The first-order valence-electron chi connectivity index (χ1n) is 9.50. The van der Waals surface area contributed by atoms with Gasteiger partial charge in [-0.3, -0.25) is 9.69 Å². The van der Waals surface area contributed by atoms with Gasteiger partial charge in [-0.25, -0.2) is 13.1 Å². The van der Waals surface area contributed by atoms with Crippen molar-refractivity contribution in [2.75, 3.05) is 11.9 Å². The van der Waals surface area contributed by atoms with Crippen LogP contribution in [0.5, 0.6) is 0 Å². The molecule has 0 spiro atoms. The molecule has 8 heteroatoms. The zero-order valence-electron chi connectivity index (χ0n) is 16.4. The second kappa shape index (κ2) is 8.73. The van der Waals surface area contributed by atoms with Crippen LogP contribution in [0.15, 0.2) is 46.7 Å². The fourth-order valence-corrected chi connectivity index (χ4v) is 5.66. The van der Waals surface area contributed by atoms with Crippen molar-refractivity contribution < 1.29 is 13.2 Å². The van der Waals surface area contributed by atoms with Gasteiger partial charge < -0.3 is 5.32 Å². The quantitative estimate of drug-likeness (QED) is 0.716. The van der Waals surface area contributed by atoms with E-state index in [9.17, 15) is 13.2 Å². The molecule has 1 aliphatic heterocycles. The monoisotopic (exact) mass is 421 g/mol. The average molecular weight is 422 g/mol. The van der Waals surface area contributed by atoms with E-state index >= 15 is 0 Å². The van der Waals surface area contributed by atoms with Crippen molar-refractivity contribution in [3.63, 3.8) is 0 Å². The van der Waals surface area contributed by atoms with E-state index in [0.717, 1.165) is 19.4 Å². The molecule has 1 aliphatic rings. The lowest BCUT2D eigenvalue weighted by atomic mass is 10.1. The number of anilines is 1. The number of hydrogen-bond donors (Lipinski definition) is 2. The van der Waals surface area contributed by atoms with Crippen LogP contribution in [0.4, 0.5) is 5.69 Å². The Balaban J connectivity index is 1.66. The van der Waals surface area contributed by atoms with Crippen LogP contribution in [0.2, 0.25) is 0 Å². The van der Waals surface area contributed by atoms with E-state index in [4.69, 9.17) is 0 Å². The van der Waals surface area contributed by atoms with Crippen LogP contribution in [0.25, 0.3) is 0 Å². The first-order chi connectivity index (χ1) is 13.3. The number of likely N-dealkylation sites (tertiary alicyclic amines) is 1. The molecule has 1 aromatic heterocycles. The smallest absolute Gasteiger partial charge is 0.241 e. The SMILES string of the molecule is CC(C)NS(=O)(=O)c1ccc(NC(=O)[C@@H](C)N2CCC[C@@H]2c2cccs2)cc1. The predicted octanol–water partition coefficient (Wildman–Crippen LogP) is 3.60. The summed E-state index contributed by atoms with van der Waals surface area (Å²) in [4.78, 5) is 16.5. The summed E-state index contributed by atoms with van der Waals surface area (Å²) >= 11 is 1.73. The number of sulfonamides is 1. The molecule has 0 unspecified atom stereocenters. The Morgan fingerprint density at radius 1 is 1.18 bits per heavy atom. The summed E-state index contributed by atoms with van der Waals surface area (Å²) in [6.07, 6.45) is 2.14. The van der Waals surface area contributed by atoms with Gasteiger partial charge >= 0.3 is 0 Å². The van der Waals surface area contributed by atoms with Gasteiger partial charge in [0.1, 0.15) is 0 Å². The number of carbonyl (C=O) groups excluding carboxylic acids is 1. The molecule has 0 bridgehead atoms. The number of nitrogens with zero attached hydrogens (tertiary/aromatic N) is 1. The van der Waals surface area contributed by atoms with Gasteiger partial charge in [0.2, 0.25) is 15.9 Å². The van der Waals surface area contributed by atoms with E-state index in [2.05, 4.69) is 26.4 Å². The van der Waals surface area contributed by atoms with Gasteiger partial charge in [0, 0.05) is 22.6 Å². The Kier molecular flexibility index (Phi) is 6.54. The molecule has 0 aliphatic carbocycles. The summed E-state index contributed by atoms with van der Waals surface area (Å²) in [5.41, 5.74) is 0.590. The van der Waals surface area contributed by atoms with E-state index in [-0.39, 0.29) is 28.9 Å². The van der Waals surface area contributed by atoms with Gasteiger partial charge in [0.15, 0.2) is 0 Å². The number of thiophene rings is 1. The first kappa shape index (κ1) is 21.0. The zero-order chi connectivity index (χ0) is 20.3. The normalized spacial score (nSPS) is 19.1. The summed E-state index contributed by atoms with van der Waals surface area (Å²) in [5.74, 6) is -0.0839. The molecule has 2 heterocycles. The molecule has 2 aromatic rings. The first-order valence-corrected chi connectivity index (χ1v) is 11.9. The molecule has 152 valence electrons. The van der Waals surface area contributed by atoms with E-state index in [1.54, 1.807) is 37.3 Å². The van der Waals surface area contributed by atoms with Gasteiger partial charge in [0.25, 0.3) is 0 Å². The molecule has 3 rings (SSSR count). The molecule has 0 radical (unpaired) electrons. The maximum atomic E-state index is 12.8. The van der Waals surface area contributed by atoms with E-state index in [1.807, 2.05) is 13.0 Å². The summed E-state index contributed by atoms with van der Waals surface area (Å²) < 4.78 is 27.0.